The van der Waals surface area contributed by atoms with Crippen LogP contribution in [0.2, 0.25) is 5.02 Å². The Morgan fingerprint density at radius 3 is 2.90 bits per heavy atom. The zero-order valence-corrected chi connectivity index (χ0v) is 13.0. The van der Waals surface area contributed by atoms with Gasteiger partial charge in [0.05, 0.1) is 5.02 Å². The van der Waals surface area contributed by atoms with Gasteiger partial charge in [0.1, 0.15) is 5.82 Å². The highest BCUT2D eigenvalue weighted by atomic mass is 35.5. The molecule has 2 aliphatic rings. The number of pyridine rings is 1. The number of aromatic nitrogens is 1. The first kappa shape index (κ1) is 14.2. The third-order valence-corrected chi connectivity index (χ3v) is 5.05. The Morgan fingerprint density at radius 2 is 2.10 bits per heavy atom. The molecule has 4 heteroatoms. The molecule has 3 nitrogen and oxygen atoms in total. The van der Waals surface area contributed by atoms with E-state index in [0.717, 1.165) is 35.4 Å². The van der Waals surface area contributed by atoms with Crippen molar-refractivity contribution >= 4 is 17.4 Å². The van der Waals surface area contributed by atoms with Gasteiger partial charge >= 0.3 is 0 Å². The second-order valence-electron chi connectivity index (χ2n) is 6.13. The van der Waals surface area contributed by atoms with Gasteiger partial charge < -0.3 is 10.2 Å². The Bertz CT molecular complexity index is 461. The van der Waals surface area contributed by atoms with Crippen LogP contribution >= 0.6 is 11.6 Å². The van der Waals surface area contributed by atoms with E-state index in [0.29, 0.717) is 6.04 Å². The van der Waals surface area contributed by atoms with Gasteiger partial charge in [-0.1, -0.05) is 24.4 Å². The molecule has 2 atom stereocenters. The van der Waals surface area contributed by atoms with E-state index in [-0.39, 0.29) is 0 Å². The number of rotatable bonds is 3. The van der Waals surface area contributed by atoms with Crippen LogP contribution in [0.5, 0.6) is 0 Å². The van der Waals surface area contributed by atoms with Crippen molar-refractivity contribution in [1.82, 2.24) is 10.3 Å². The maximum absolute atomic E-state index is 6.50. The van der Waals surface area contributed by atoms with Crippen molar-refractivity contribution in [2.75, 3.05) is 18.5 Å². The molecule has 1 aromatic rings. The first-order valence-corrected chi connectivity index (χ1v) is 8.23. The van der Waals surface area contributed by atoms with Gasteiger partial charge in [0, 0.05) is 25.3 Å². The maximum atomic E-state index is 6.50. The van der Waals surface area contributed by atoms with Crippen LogP contribution < -0.4 is 10.2 Å². The molecule has 1 saturated carbocycles. The Morgan fingerprint density at radius 1 is 1.30 bits per heavy atom. The molecule has 1 aromatic heterocycles. The summed E-state index contributed by atoms with van der Waals surface area (Å²) in [4.78, 5) is 7.15. The third kappa shape index (κ3) is 2.79. The highest BCUT2D eigenvalue weighted by Crippen LogP contribution is 2.39. The number of fused-ring (bicyclic) bond motifs is 1. The van der Waals surface area contributed by atoms with E-state index in [1.807, 2.05) is 13.2 Å². The van der Waals surface area contributed by atoms with Crippen LogP contribution in [0.25, 0.3) is 0 Å². The topological polar surface area (TPSA) is 28.2 Å². The Labute approximate surface area is 126 Å². The smallest absolute Gasteiger partial charge is 0.147 e. The van der Waals surface area contributed by atoms with Crippen LogP contribution in [0.1, 0.15) is 44.1 Å². The van der Waals surface area contributed by atoms with Crippen molar-refractivity contribution in [3.05, 3.63) is 22.8 Å². The molecule has 1 aliphatic heterocycles. The molecule has 1 N–H and O–H groups in total. The summed E-state index contributed by atoms with van der Waals surface area (Å²) < 4.78 is 0. The van der Waals surface area contributed by atoms with Gasteiger partial charge in [0.25, 0.3) is 0 Å². The summed E-state index contributed by atoms with van der Waals surface area (Å²) in [6.45, 7) is 1.93. The molecular weight excluding hydrogens is 270 g/mol. The molecule has 3 rings (SSSR count). The molecule has 2 heterocycles. The zero-order chi connectivity index (χ0) is 13.9. The van der Waals surface area contributed by atoms with E-state index in [1.54, 1.807) is 0 Å². The van der Waals surface area contributed by atoms with Crippen molar-refractivity contribution in [3.63, 3.8) is 0 Å². The van der Waals surface area contributed by atoms with Crippen molar-refractivity contribution in [2.24, 2.45) is 5.92 Å². The van der Waals surface area contributed by atoms with Crippen LogP contribution in [-0.2, 0) is 6.54 Å². The Kier molecular flexibility index (Phi) is 4.47. The molecule has 0 spiro atoms. The van der Waals surface area contributed by atoms with Crippen LogP contribution in [0.4, 0.5) is 5.82 Å². The Hall–Kier alpha value is -0.800. The van der Waals surface area contributed by atoms with Crippen molar-refractivity contribution in [3.8, 4) is 0 Å². The standard InChI is InChI=1S/C16H24ClN3/c1-18-10-12-9-14(17)16(19-11-12)20-8-4-6-13-5-2-3-7-15(13)20/h9,11,13,15,18H,2-8,10H2,1H3. The quantitative estimate of drug-likeness (QED) is 0.923. The monoisotopic (exact) mass is 293 g/mol. The van der Waals surface area contributed by atoms with Crippen molar-refractivity contribution in [1.29, 1.82) is 0 Å². The van der Waals surface area contributed by atoms with Gasteiger partial charge in [-0.3, -0.25) is 0 Å². The molecule has 2 unspecified atom stereocenters. The summed E-state index contributed by atoms with van der Waals surface area (Å²) in [6.07, 6.45) is 10.1. The second-order valence-corrected chi connectivity index (χ2v) is 6.53. The van der Waals surface area contributed by atoms with Gasteiger partial charge in [-0.05, 0) is 50.3 Å². The zero-order valence-electron chi connectivity index (χ0n) is 12.2. The SMILES string of the molecule is CNCc1cnc(N2CCCC3CCCCC32)c(Cl)c1. The van der Waals surface area contributed by atoms with E-state index < -0.39 is 0 Å². The van der Waals surface area contributed by atoms with Crippen molar-refractivity contribution < 1.29 is 0 Å². The summed E-state index contributed by atoms with van der Waals surface area (Å²) in [5, 5.41) is 3.95. The number of halogens is 1. The lowest BCUT2D eigenvalue weighted by Crippen LogP contribution is -2.47. The molecular formula is C16H24ClN3. The fraction of sp³-hybridized carbons (Fsp3) is 0.688. The summed E-state index contributed by atoms with van der Waals surface area (Å²) in [6, 6.07) is 2.73. The highest BCUT2D eigenvalue weighted by molar-refractivity contribution is 6.33. The number of nitrogens with zero attached hydrogens (tertiary/aromatic N) is 2. The minimum atomic E-state index is 0.664. The number of hydrogen-bond donors (Lipinski definition) is 1. The average molecular weight is 294 g/mol. The summed E-state index contributed by atoms with van der Waals surface area (Å²) in [5.41, 5.74) is 1.15. The predicted octanol–water partition coefficient (Wildman–Crippen LogP) is 3.61. The molecule has 0 bridgehead atoms. The van der Waals surface area contributed by atoms with E-state index in [1.165, 1.54) is 38.5 Å². The maximum Gasteiger partial charge on any atom is 0.147 e. The summed E-state index contributed by atoms with van der Waals surface area (Å²) in [5.74, 6) is 1.86. The first-order valence-electron chi connectivity index (χ1n) is 7.85. The normalized spacial score (nSPS) is 26.4. The largest absolute Gasteiger partial charge is 0.352 e. The minimum Gasteiger partial charge on any atom is -0.352 e. The first-order chi connectivity index (χ1) is 9.79. The molecule has 0 radical (unpaired) electrons. The van der Waals surface area contributed by atoms with E-state index in [4.69, 9.17) is 11.6 Å². The van der Waals surface area contributed by atoms with Gasteiger partial charge in [0.2, 0.25) is 0 Å². The third-order valence-electron chi connectivity index (χ3n) is 4.77. The number of anilines is 1. The minimum absolute atomic E-state index is 0.664. The van der Waals surface area contributed by atoms with Gasteiger partial charge in [-0.25, -0.2) is 4.98 Å². The van der Waals surface area contributed by atoms with Gasteiger partial charge in [-0.2, -0.15) is 0 Å². The summed E-state index contributed by atoms with van der Waals surface area (Å²) >= 11 is 6.50. The lowest BCUT2D eigenvalue weighted by molar-refractivity contribution is 0.243. The number of nitrogens with one attached hydrogen (secondary N) is 1. The van der Waals surface area contributed by atoms with Crippen molar-refractivity contribution in [2.45, 2.75) is 51.1 Å². The van der Waals surface area contributed by atoms with E-state index in [2.05, 4.69) is 21.3 Å². The fourth-order valence-corrected chi connectivity index (χ4v) is 4.17. The molecule has 0 aromatic carbocycles. The van der Waals surface area contributed by atoms with Crippen LogP contribution in [-0.4, -0.2) is 24.6 Å². The predicted molar refractivity (Wildman–Crippen MR) is 84.3 cm³/mol. The van der Waals surface area contributed by atoms with Crippen LogP contribution in [0, 0.1) is 5.92 Å². The fourth-order valence-electron chi connectivity index (χ4n) is 3.87. The molecule has 110 valence electrons. The molecule has 0 amide bonds. The lowest BCUT2D eigenvalue weighted by Gasteiger charge is -2.45. The molecule has 1 aliphatic carbocycles. The number of piperidine rings is 1. The average Bonchev–Trinajstić information content (AvgIpc) is 2.47. The van der Waals surface area contributed by atoms with E-state index in [9.17, 15) is 0 Å². The van der Waals surface area contributed by atoms with Gasteiger partial charge in [-0.15, -0.1) is 0 Å². The highest BCUT2D eigenvalue weighted by Gasteiger charge is 2.34. The number of hydrogen-bond acceptors (Lipinski definition) is 3. The van der Waals surface area contributed by atoms with Crippen LogP contribution in [0.3, 0.4) is 0 Å². The lowest BCUT2D eigenvalue weighted by atomic mass is 9.78. The van der Waals surface area contributed by atoms with E-state index >= 15 is 0 Å². The van der Waals surface area contributed by atoms with Crippen LogP contribution in [0.15, 0.2) is 12.3 Å². The summed E-state index contributed by atoms with van der Waals surface area (Å²) in [7, 11) is 1.94. The second kappa shape index (κ2) is 6.31. The molecule has 1 saturated heterocycles. The van der Waals surface area contributed by atoms with Gasteiger partial charge in [0.15, 0.2) is 0 Å². The molecule has 2 fully saturated rings. The molecule has 20 heavy (non-hydrogen) atoms. The Balaban J connectivity index is 1.83.